The number of carbonyl (C=O) groups is 1. The number of aromatic nitrogens is 1. The second-order valence-corrected chi connectivity index (χ2v) is 14.4. The van der Waals surface area contributed by atoms with E-state index in [1.165, 1.54) is 16.4 Å². The summed E-state index contributed by atoms with van der Waals surface area (Å²) in [6.07, 6.45) is 3.69. The molecule has 0 bridgehead atoms. The molecule has 0 unspecified atom stereocenters. The molecule has 0 saturated carbocycles. The van der Waals surface area contributed by atoms with Gasteiger partial charge in [0.05, 0.1) is 16.6 Å². The van der Waals surface area contributed by atoms with Crippen LogP contribution in [-0.4, -0.2) is 29.6 Å². The molecule has 0 fully saturated rings. The third kappa shape index (κ3) is 6.54. The van der Waals surface area contributed by atoms with E-state index in [1.807, 2.05) is 31.2 Å². The number of hydrazone groups is 1. The van der Waals surface area contributed by atoms with Crippen molar-refractivity contribution in [3.63, 3.8) is 0 Å². The van der Waals surface area contributed by atoms with E-state index < -0.39 is 10.0 Å². The van der Waals surface area contributed by atoms with Crippen LogP contribution in [0.25, 0.3) is 10.9 Å². The number of nitrogens with zero attached hydrogens (tertiary/aromatic N) is 2. The predicted octanol–water partition coefficient (Wildman–Crippen LogP) is 6.57. The standard InChI is InChI=1S/C33H39N3O4S/c1-22-12-15-25(16-13-22)41(39,40)36-21-24(26-10-8-9-11-29(26)36)20-34-35-30(37)17-14-23-18-27(32(2,3)4)31(38)28(19-23)33(5,6)7/h8-13,15-16,18-21,38H,14,17H2,1-7H3,(H,35,37)/b34-20-. The van der Waals surface area contributed by atoms with E-state index in [0.29, 0.717) is 28.6 Å². The first-order valence-corrected chi connectivity index (χ1v) is 15.1. The van der Waals surface area contributed by atoms with E-state index in [-0.39, 0.29) is 28.1 Å². The van der Waals surface area contributed by atoms with E-state index in [2.05, 4.69) is 52.1 Å². The van der Waals surface area contributed by atoms with E-state index in [1.54, 1.807) is 36.4 Å². The Hall–Kier alpha value is -3.91. The fourth-order valence-electron chi connectivity index (χ4n) is 4.77. The number of fused-ring (bicyclic) bond motifs is 1. The number of phenolic OH excluding ortho intramolecular Hbond substituents is 1. The van der Waals surface area contributed by atoms with Crippen molar-refractivity contribution in [3.8, 4) is 5.75 Å². The van der Waals surface area contributed by atoms with Gasteiger partial charge < -0.3 is 5.11 Å². The molecule has 8 heteroatoms. The Kier molecular flexibility index (Phi) is 8.18. The Bertz CT molecular complexity index is 1680. The van der Waals surface area contributed by atoms with Crippen molar-refractivity contribution in [2.24, 2.45) is 5.10 Å². The summed E-state index contributed by atoms with van der Waals surface area (Å²) in [6, 6.07) is 17.9. The molecule has 0 radical (unpaired) electrons. The molecule has 3 aromatic carbocycles. The summed E-state index contributed by atoms with van der Waals surface area (Å²) >= 11 is 0. The van der Waals surface area contributed by atoms with Crippen LogP contribution in [0.15, 0.2) is 76.9 Å². The summed E-state index contributed by atoms with van der Waals surface area (Å²) in [7, 11) is -3.82. The topological polar surface area (TPSA) is 101 Å². The summed E-state index contributed by atoms with van der Waals surface area (Å²) in [4.78, 5) is 12.9. The predicted molar refractivity (Wildman–Crippen MR) is 165 cm³/mol. The number of rotatable bonds is 7. The average Bonchev–Trinajstić information content (AvgIpc) is 3.26. The van der Waals surface area contributed by atoms with Gasteiger partial charge in [-0.2, -0.15) is 5.10 Å². The average molecular weight is 574 g/mol. The van der Waals surface area contributed by atoms with E-state index in [0.717, 1.165) is 22.3 Å². The number of aryl methyl sites for hydroxylation is 2. The quantitative estimate of drug-likeness (QED) is 0.193. The highest BCUT2D eigenvalue weighted by Crippen LogP contribution is 2.40. The minimum Gasteiger partial charge on any atom is -0.507 e. The summed E-state index contributed by atoms with van der Waals surface area (Å²) in [6.45, 7) is 14.3. The Labute approximate surface area is 243 Å². The molecular weight excluding hydrogens is 534 g/mol. The van der Waals surface area contributed by atoms with Crippen LogP contribution in [0.4, 0.5) is 0 Å². The van der Waals surface area contributed by atoms with Crippen molar-refractivity contribution in [3.05, 3.63) is 94.7 Å². The van der Waals surface area contributed by atoms with Gasteiger partial charge in [-0.15, -0.1) is 0 Å². The summed E-state index contributed by atoms with van der Waals surface area (Å²) in [5.74, 6) is 0.0475. The third-order valence-corrected chi connectivity index (χ3v) is 8.79. The van der Waals surface area contributed by atoms with E-state index >= 15 is 0 Å². The van der Waals surface area contributed by atoms with E-state index in [4.69, 9.17) is 0 Å². The third-order valence-electron chi connectivity index (χ3n) is 7.11. The maximum atomic E-state index is 13.4. The van der Waals surface area contributed by atoms with Crippen LogP contribution in [-0.2, 0) is 32.1 Å². The van der Waals surface area contributed by atoms with Gasteiger partial charge in [-0.1, -0.05) is 89.6 Å². The minimum atomic E-state index is -3.82. The van der Waals surface area contributed by atoms with Crippen molar-refractivity contribution in [1.29, 1.82) is 0 Å². The minimum absolute atomic E-state index is 0.194. The molecule has 0 atom stereocenters. The lowest BCUT2D eigenvalue weighted by atomic mass is 9.78. The largest absolute Gasteiger partial charge is 0.507 e. The van der Waals surface area contributed by atoms with Crippen molar-refractivity contribution in [2.45, 2.75) is 77.0 Å². The lowest BCUT2D eigenvalue weighted by Crippen LogP contribution is -2.20. The Morgan fingerprint density at radius 1 is 0.951 bits per heavy atom. The highest BCUT2D eigenvalue weighted by molar-refractivity contribution is 7.90. The van der Waals surface area contributed by atoms with Crippen LogP contribution < -0.4 is 5.43 Å². The Balaban J connectivity index is 1.52. The first-order valence-electron chi connectivity index (χ1n) is 13.7. The molecule has 0 saturated heterocycles. The highest BCUT2D eigenvalue weighted by atomic mass is 32.2. The normalized spacial score (nSPS) is 12.8. The second-order valence-electron chi connectivity index (χ2n) is 12.5. The van der Waals surface area contributed by atoms with Crippen LogP contribution >= 0.6 is 0 Å². The summed E-state index contributed by atoms with van der Waals surface area (Å²) < 4.78 is 28.1. The molecular formula is C33H39N3O4S. The fraction of sp³-hybridized carbons (Fsp3) is 0.333. The molecule has 2 N–H and O–H groups in total. The number of nitrogens with one attached hydrogen (secondary N) is 1. The molecule has 1 heterocycles. The Morgan fingerprint density at radius 2 is 1.54 bits per heavy atom. The SMILES string of the molecule is Cc1ccc(S(=O)(=O)n2cc(/C=N\NC(=O)CCc3cc(C(C)(C)C)c(O)c(C(C)(C)C)c3)c3ccccc32)cc1. The molecule has 1 amide bonds. The second kappa shape index (κ2) is 11.2. The number of hydrogen-bond acceptors (Lipinski definition) is 5. The fourth-order valence-corrected chi connectivity index (χ4v) is 6.15. The van der Waals surface area contributed by atoms with Gasteiger partial charge in [0, 0.05) is 23.6 Å². The number of phenols is 1. The van der Waals surface area contributed by atoms with Gasteiger partial charge in [-0.25, -0.2) is 17.8 Å². The first kappa shape index (κ1) is 30.1. The van der Waals surface area contributed by atoms with Gasteiger partial charge in [-0.3, -0.25) is 4.79 Å². The molecule has 0 aliphatic rings. The van der Waals surface area contributed by atoms with Crippen molar-refractivity contribution in [1.82, 2.24) is 9.40 Å². The molecule has 7 nitrogen and oxygen atoms in total. The van der Waals surface area contributed by atoms with Gasteiger partial charge in [0.1, 0.15) is 5.75 Å². The number of carbonyl (C=O) groups excluding carboxylic acids is 1. The van der Waals surface area contributed by atoms with Crippen LogP contribution in [0.2, 0.25) is 0 Å². The highest BCUT2D eigenvalue weighted by Gasteiger charge is 2.26. The zero-order valence-corrected chi connectivity index (χ0v) is 25.6. The van der Waals surface area contributed by atoms with Gasteiger partial charge in [-0.05, 0) is 59.1 Å². The van der Waals surface area contributed by atoms with Crippen molar-refractivity contribution >= 4 is 33.0 Å². The van der Waals surface area contributed by atoms with Gasteiger partial charge in [0.15, 0.2) is 0 Å². The molecule has 4 rings (SSSR count). The molecule has 4 aromatic rings. The molecule has 41 heavy (non-hydrogen) atoms. The molecule has 216 valence electrons. The molecule has 1 aromatic heterocycles. The van der Waals surface area contributed by atoms with Gasteiger partial charge >= 0.3 is 0 Å². The van der Waals surface area contributed by atoms with Crippen molar-refractivity contribution in [2.75, 3.05) is 0 Å². The van der Waals surface area contributed by atoms with Gasteiger partial charge in [0.2, 0.25) is 5.91 Å². The summed E-state index contributed by atoms with van der Waals surface area (Å²) in [5, 5.41) is 15.8. The first-order chi connectivity index (χ1) is 19.1. The molecule has 0 spiro atoms. The van der Waals surface area contributed by atoms with Gasteiger partial charge in [0.25, 0.3) is 10.0 Å². The maximum absolute atomic E-state index is 13.4. The maximum Gasteiger partial charge on any atom is 0.268 e. The van der Waals surface area contributed by atoms with Crippen LogP contribution in [0, 0.1) is 6.92 Å². The van der Waals surface area contributed by atoms with Crippen LogP contribution in [0.5, 0.6) is 5.75 Å². The zero-order chi connectivity index (χ0) is 30.2. The number of benzene rings is 3. The van der Waals surface area contributed by atoms with Crippen LogP contribution in [0.1, 0.15) is 75.8 Å². The number of para-hydroxylation sites is 1. The smallest absolute Gasteiger partial charge is 0.268 e. The number of amides is 1. The lowest BCUT2D eigenvalue weighted by molar-refractivity contribution is -0.121. The van der Waals surface area contributed by atoms with E-state index in [9.17, 15) is 18.3 Å². The molecule has 0 aliphatic heterocycles. The zero-order valence-electron chi connectivity index (χ0n) is 24.8. The number of aromatic hydroxyl groups is 1. The summed E-state index contributed by atoms with van der Waals surface area (Å²) in [5.41, 5.74) is 6.83. The van der Waals surface area contributed by atoms with Crippen LogP contribution in [0.3, 0.4) is 0 Å². The Morgan fingerprint density at radius 3 is 2.12 bits per heavy atom. The number of hydrogen-bond donors (Lipinski definition) is 2. The molecule has 0 aliphatic carbocycles. The monoisotopic (exact) mass is 573 g/mol. The lowest BCUT2D eigenvalue weighted by Gasteiger charge is -2.28. The van der Waals surface area contributed by atoms with Crippen molar-refractivity contribution < 1.29 is 18.3 Å².